The number of carbonyl (C=O) groups is 4. The summed E-state index contributed by atoms with van der Waals surface area (Å²) in [6.07, 6.45) is 5.42. The molecule has 1 fully saturated rings. The molecule has 2 aromatic heterocycles. The summed E-state index contributed by atoms with van der Waals surface area (Å²) in [6, 6.07) is 7.42. The number of rotatable bonds is 28. The minimum Gasteiger partial charge on any atom is -0.480 e. The van der Waals surface area contributed by atoms with E-state index in [1.807, 2.05) is 17.2 Å². The molecule has 1 aromatic carbocycles. The lowest BCUT2D eigenvalue weighted by Crippen LogP contribution is -2.48. The van der Waals surface area contributed by atoms with Crippen LogP contribution in [0.5, 0.6) is 0 Å². The van der Waals surface area contributed by atoms with E-state index < -0.39 is 29.1 Å². The van der Waals surface area contributed by atoms with E-state index in [-0.39, 0.29) is 37.2 Å². The van der Waals surface area contributed by atoms with Crippen molar-refractivity contribution in [2.45, 2.75) is 70.3 Å². The average molecular weight is 844 g/mol. The summed E-state index contributed by atoms with van der Waals surface area (Å²) in [4.78, 5) is 60.3. The molecule has 1 unspecified atom stereocenters. The van der Waals surface area contributed by atoms with Crippen LogP contribution in [0.2, 0.25) is 0 Å². The van der Waals surface area contributed by atoms with Gasteiger partial charge in [0, 0.05) is 70.7 Å². The molecule has 1 aliphatic heterocycles. The van der Waals surface area contributed by atoms with Crippen molar-refractivity contribution in [1.29, 1.82) is 0 Å². The number of aliphatic carboxylic acids is 2. The summed E-state index contributed by atoms with van der Waals surface area (Å²) >= 11 is 0.815. The van der Waals surface area contributed by atoms with E-state index in [4.69, 9.17) is 30.8 Å². The van der Waals surface area contributed by atoms with Gasteiger partial charge in [-0.1, -0.05) is 38.0 Å². The number of carboxylic acids is 2. The summed E-state index contributed by atoms with van der Waals surface area (Å²) < 4.78 is 18.7. The molecule has 0 aliphatic carbocycles. The van der Waals surface area contributed by atoms with Crippen molar-refractivity contribution in [2.75, 3.05) is 95.7 Å². The van der Waals surface area contributed by atoms with Crippen molar-refractivity contribution >= 4 is 58.3 Å². The normalized spacial score (nSPS) is 14.3. The van der Waals surface area contributed by atoms with E-state index in [9.17, 15) is 24.3 Å². The van der Waals surface area contributed by atoms with Gasteiger partial charge in [0.25, 0.3) is 0 Å². The number of unbranched alkanes of at least 4 members (excludes halogenated alkanes) is 2. The van der Waals surface area contributed by atoms with Crippen LogP contribution >= 0.6 is 11.8 Å². The van der Waals surface area contributed by atoms with Crippen molar-refractivity contribution in [2.24, 2.45) is 5.73 Å². The molecule has 326 valence electrons. The molecular formula is C40H61N9O9S. The summed E-state index contributed by atoms with van der Waals surface area (Å²) in [5, 5.41) is 23.1. The fourth-order valence-corrected chi connectivity index (χ4v) is 7.46. The minimum absolute atomic E-state index is 0.0795. The predicted molar refractivity (Wildman–Crippen MR) is 226 cm³/mol. The van der Waals surface area contributed by atoms with Crippen molar-refractivity contribution in [3.63, 3.8) is 0 Å². The van der Waals surface area contributed by atoms with Gasteiger partial charge in [-0.15, -0.1) is 11.8 Å². The van der Waals surface area contributed by atoms with Gasteiger partial charge in [-0.3, -0.25) is 24.1 Å². The highest BCUT2D eigenvalue weighted by Crippen LogP contribution is 2.25. The zero-order valence-corrected chi connectivity index (χ0v) is 35.1. The molecule has 59 heavy (non-hydrogen) atoms. The van der Waals surface area contributed by atoms with E-state index in [0.29, 0.717) is 59.1 Å². The number of nitrogens with one attached hydrogen (secondary N) is 2. The van der Waals surface area contributed by atoms with Crippen LogP contribution in [0.25, 0.3) is 11.0 Å². The molecule has 2 amide bonds. The number of amides is 2. The van der Waals surface area contributed by atoms with E-state index >= 15 is 0 Å². The Bertz CT molecular complexity index is 1810. The highest BCUT2D eigenvalue weighted by molar-refractivity contribution is 8.00. The molecular weight excluding hydrogens is 783 g/mol. The third-order valence-corrected chi connectivity index (χ3v) is 11.1. The summed E-state index contributed by atoms with van der Waals surface area (Å²) in [6.45, 7) is 11.7. The minimum atomic E-state index is -1.24. The lowest BCUT2D eigenvalue weighted by molar-refractivity contribution is -0.139. The second kappa shape index (κ2) is 25.2. The number of hydrogen-bond donors (Lipinski definition) is 6. The number of carboxylic acid groups (broad SMARTS) is 2. The number of piperazine rings is 1. The molecule has 19 heteroatoms. The second-order valence-corrected chi connectivity index (χ2v) is 15.6. The first-order valence-corrected chi connectivity index (χ1v) is 21.3. The first kappa shape index (κ1) is 47.2. The van der Waals surface area contributed by atoms with Crippen LogP contribution in [0.4, 0.5) is 11.8 Å². The Labute approximate surface area is 349 Å². The van der Waals surface area contributed by atoms with Crippen LogP contribution in [0.15, 0.2) is 30.5 Å². The number of nitrogen functional groups attached to an aromatic ring is 1. The summed E-state index contributed by atoms with van der Waals surface area (Å²) in [5.74, 6) is -1.94. The monoisotopic (exact) mass is 843 g/mol. The van der Waals surface area contributed by atoms with Gasteiger partial charge < -0.3 is 56.0 Å². The van der Waals surface area contributed by atoms with Gasteiger partial charge in [0.2, 0.25) is 17.8 Å². The van der Waals surface area contributed by atoms with Crippen LogP contribution in [-0.4, -0.2) is 154 Å². The topological polar surface area (TPSA) is 250 Å². The number of hydrogen-bond acceptors (Lipinski definition) is 14. The molecule has 0 saturated carbocycles. The van der Waals surface area contributed by atoms with Crippen molar-refractivity contribution in [3.8, 4) is 0 Å². The molecule has 2 atom stereocenters. The molecule has 0 spiro atoms. The summed E-state index contributed by atoms with van der Waals surface area (Å²) in [5.41, 5.74) is 16.9. The van der Waals surface area contributed by atoms with Gasteiger partial charge in [-0.2, -0.15) is 4.98 Å². The average Bonchev–Trinajstić information content (AvgIpc) is 3.61. The quantitative estimate of drug-likeness (QED) is 0.0573. The van der Waals surface area contributed by atoms with Gasteiger partial charge in [0.05, 0.1) is 51.6 Å². The number of carbonyl (C=O) groups excluding carboxylic acids is 2. The maximum absolute atomic E-state index is 12.8. The Kier molecular flexibility index (Phi) is 20.1. The molecule has 4 rings (SSSR count). The highest BCUT2D eigenvalue weighted by Gasteiger charge is 2.25. The van der Waals surface area contributed by atoms with Gasteiger partial charge in [-0.05, 0) is 36.1 Å². The number of nitrogens with two attached hydrogens (primary N) is 2. The number of anilines is 2. The van der Waals surface area contributed by atoms with Gasteiger partial charge in [0.15, 0.2) is 5.82 Å². The molecule has 3 heterocycles. The summed E-state index contributed by atoms with van der Waals surface area (Å²) in [7, 11) is 0. The molecule has 1 saturated heterocycles. The molecule has 0 radical (unpaired) electrons. The standard InChI is InChI=1S/C40H61N9O9S/c1-3-4-5-10-44-37-36-32(45-40(42)46-37)8-12-49(36)26-30-7-6-29(23-28(30)2)25-47-13-15-48(16-14-47)35(51)9-17-56-19-21-58-22-20-57-18-11-43-34(50)24-33(39(54)55)59-27-31(41)38(52)53/h6-8,12,23,31,33H,3-5,9-11,13-22,24-27,41H2,1-2H3,(H,43,50)(H,52,53)(H,54,55)(H3,42,44,45,46)/t31-,33?/m0/s1. The maximum Gasteiger partial charge on any atom is 0.321 e. The Balaban J connectivity index is 1.04. The Morgan fingerprint density at radius 3 is 2.29 bits per heavy atom. The lowest BCUT2D eigenvalue weighted by atomic mass is 10.0. The van der Waals surface area contributed by atoms with Gasteiger partial charge in [0.1, 0.15) is 16.8 Å². The van der Waals surface area contributed by atoms with Crippen LogP contribution in [-0.2, 0) is 46.5 Å². The molecule has 0 bridgehead atoms. The number of nitrogens with zero attached hydrogens (tertiary/aromatic N) is 5. The third-order valence-electron chi connectivity index (χ3n) is 9.79. The molecule has 1 aliphatic rings. The van der Waals surface area contributed by atoms with Crippen LogP contribution in [0.3, 0.4) is 0 Å². The van der Waals surface area contributed by atoms with E-state index in [1.54, 1.807) is 0 Å². The SMILES string of the molecule is CCCCCNc1nc(N)nc2ccn(Cc3ccc(CN4CCN(C(=O)CCOCCOCCOCCNC(=O)CC(SC[C@H](N)C(=O)O)C(=O)O)CC4)cc3C)c12. The van der Waals surface area contributed by atoms with Crippen molar-refractivity contribution < 1.29 is 43.6 Å². The van der Waals surface area contributed by atoms with Crippen LogP contribution in [0.1, 0.15) is 55.7 Å². The highest BCUT2D eigenvalue weighted by atomic mass is 32.2. The Hall–Kier alpha value is -4.53. The van der Waals surface area contributed by atoms with Crippen molar-refractivity contribution in [1.82, 2.24) is 29.7 Å². The number of thioether (sulfide) groups is 1. The van der Waals surface area contributed by atoms with Crippen LogP contribution < -0.4 is 22.1 Å². The van der Waals surface area contributed by atoms with Crippen molar-refractivity contribution in [3.05, 3.63) is 47.2 Å². The van der Waals surface area contributed by atoms with E-state index in [0.717, 1.165) is 74.1 Å². The Morgan fingerprint density at radius 1 is 0.898 bits per heavy atom. The number of ether oxygens (including phenoxy) is 3. The van der Waals surface area contributed by atoms with Gasteiger partial charge >= 0.3 is 11.9 Å². The molecule has 3 aromatic rings. The number of fused-ring (bicyclic) bond motifs is 1. The maximum atomic E-state index is 12.8. The Morgan fingerprint density at radius 2 is 1.61 bits per heavy atom. The third kappa shape index (κ3) is 16.2. The smallest absolute Gasteiger partial charge is 0.321 e. The van der Waals surface area contributed by atoms with E-state index in [1.165, 1.54) is 16.7 Å². The first-order chi connectivity index (χ1) is 28.4. The van der Waals surface area contributed by atoms with Crippen LogP contribution in [0, 0.1) is 6.92 Å². The first-order valence-electron chi connectivity index (χ1n) is 20.2. The predicted octanol–water partition coefficient (Wildman–Crippen LogP) is 2.16. The number of aryl methyl sites for hydroxylation is 1. The molecule has 8 N–H and O–H groups in total. The fourth-order valence-electron chi connectivity index (χ4n) is 6.46. The second-order valence-electron chi connectivity index (χ2n) is 14.4. The van der Waals surface area contributed by atoms with E-state index in [2.05, 4.69) is 62.1 Å². The lowest BCUT2D eigenvalue weighted by Gasteiger charge is -2.35. The zero-order valence-electron chi connectivity index (χ0n) is 34.2. The van der Waals surface area contributed by atoms with Gasteiger partial charge in [-0.25, -0.2) is 4.98 Å². The number of benzene rings is 1. The zero-order chi connectivity index (χ0) is 42.6. The largest absolute Gasteiger partial charge is 0.480 e. The fraction of sp³-hybridized carbons (Fsp3) is 0.600. The number of aromatic nitrogens is 3. The molecule has 18 nitrogen and oxygen atoms in total.